The van der Waals surface area contributed by atoms with Crippen molar-refractivity contribution in [1.29, 1.82) is 0 Å². The number of rotatable bonds is 9. The minimum atomic E-state index is -0.162. The second-order valence-corrected chi connectivity index (χ2v) is 6.39. The number of para-hydroxylation sites is 1. The van der Waals surface area contributed by atoms with Crippen molar-refractivity contribution in [3.63, 3.8) is 0 Å². The molecule has 0 spiro atoms. The van der Waals surface area contributed by atoms with Crippen molar-refractivity contribution in [3.8, 4) is 11.5 Å². The van der Waals surface area contributed by atoms with Crippen molar-refractivity contribution < 1.29 is 14.3 Å². The molecule has 0 saturated carbocycles. The Hall–Kier alpha value is -3.18. The zero-order valence-corrected chi connectivity index (χ0v) is 16.0. The van der Waals surface area contributed by atoms with Gasteiger partial charge in [0.2, 0.25) is 5.91 Å². The summed E-state index contributed by atoms with van der Waals surface area (Å²) in [7, 11) is 0. The number of ether oxygens (including phenoxy) is 2. The Morgan fingerprint density at radius 3 is 2.25 bits per heavy atom. The second kappa shape index (κ2) is 10.2. The number of hydrogen-bond acceptors (Lipinski definition) is 4. The summed E-state index contributed by atoms with van der Waals surface area (Å²) in [5.74, 6) is 1.36. The first-order chi connectivity index (χ1) is 13.7. The topological polar surface area (TPSA) is 59.6 Å². The third kappa shape index (κ3) is 6.52. The van der Waals surface area contributed by atoms with Gasteiger partial charge in [-0.3, -0.25) is 4.79 Å². The van der Waals surface area contributed by atoms with E-state index in [9.17, 15) is 4.79 Å². The minimum absolute atomic E-state index is 0.132. The molecule has 0 bridgehead atoms. The molecule has 3 aromatic rings. The molecule has 144 valence electrons. The fourth-order valence-corrected chi connectivity index (χ4v) is 2.68. The fraction of sp³-hybridized carbons (Fsp3) is 0.136. The number of nitrogens with one attached hydrogen (secondary N) is 2. The van der Waals surface area contributed by atoms with E-state index in [1.807, 2.05) is 54.6 Å². The van der Waals surface area contributed by atoms with Gasteiger partial charge in [0, 0.05) is 22.5 Å². The molecule has 0 heterocycles. The lowest BCUT2D eigenvalue weighted by atomic mass is 10.3. The summed E-state index contributed by atoms with van der Waals surface area (Å²) in [6.45, 7) is 1.00. The van der Waals surface area contributed by atoms with Crippen molar-refractivity contribution >= 4 is 28.9 Å². The normalized spacial score (nSPS) is 10.2. The first-order valence-corrected chi connectivity index (χ1v) is 9.27. The van der Waals surface area contributed by atoms with Gasteiger partial charge < -0.3 is 20.1 Å². The van der Waals surface area contributed by atoms with Crippen LogP contribution >= 0.6 is 11.6 Å². The molecule has 0 aliphatic rings. The predicted octanol–water partition coefficient (Wildman–Crippen LogP) is 4.85. The van der Waals surface area contributed by atoms with Gasteiger partial charge in [-0.2, -0.15) is 0 Å². The van der Waals surface area contributed by atoms with Gasteiger partial charge in [-0.05, 0) is 42.5 Å². The first kappa shape index (κ1) is 19.6. The number of benzene rings is 3. The number of carbonyl (C=O) groups is 1. The molecule has 28 heavy (non-hydrogen) atoms. The van der Waals surface area contributed by atoms with Gasteiger partial charge in [-0.15, -0.1) is 0 Å². The number of halogens is 1. The molecule has 0 saturated heterocycles. The summed E-state index contributed by atoms with van der Waals surface area (Å²) in [5, 5.41) is 6.45. The standard InChI is InChI=1S/C22H21ClN2O3/c23-17-6-4-8-19(14-17)25-22(26)16-24-18-7-5-11-21(15-18)28-13-12-27-20-9-2-1-3-10-20/h1-11,14-15,24H,12-13,16H2,(H,25,26). The van der Waals surface area contributed by atoms with Gasteiger partial charge in [0.15, 0.2) is 0 Å². The largest absolute Gasteiger partial charge is 0.490 e. The molecule has 3 aromatic carbocycles. The molecular formula is C22H21ClN2O3. The molecule has 0 atom stereocenters. The van der Waals surface area contributed by atoms with Crippen LogP contribution in [0, 0.1) is 0 Å². The maximum Gasteiger partial charge on any atom is 0.243 e. The number of carbonyl (C=O) groups excluding carboxylic acids is 1. The van der Waals surface area contributed by atoms with Gasteiger partial charge >= 0.3 is 0 Å². The van der Waals surface area contributed by atoms with Gasteiger partial charge in [0.1, 0.15) is 24.7 Å². The number of amides is 1. The van der Waals surface area contributed by atoms with Crippen LogP contribution in [0.3, 0.4) is 0 Å². The lowest BCUT2D eigenvalue weighted by Crippen LogP contribution is -2.21. The van der Waals surface area contributed by atoms with Crippen LogP contribution in [-0.4, -0.2) is 25.7 Å². The highest BCUT2D eigenvalue weighted by molar-refractivity contribution is 6.30. The molecule has 0 aliphatic heterocycles. The Bertz CT molecular complexity index is 903. The predicted molar refractivity (Wildman–Crippen MR) is 112 cm³/mol. The summed E-state index contributed by atoms with van der Waals surface area (Å²) in [4.78, 5) is 12.1. The average molecular weight is 397 g/mol. The second-order valence-electron chi connectivity index (χ2n) is 5.95. The molecule has 0 radical (unpaired) electrons. The molecule has 0 aromatic heterocycles. The van der Waals surface area contributed by atoms with E-state index in [0.717, 1.165) is 11.4 Å². The Labute approximate surface area is 169 Å². The molecule has 0 unspecified atom stereocenters. The molecule has 1 amide bonds. The molecular weight excluding hydrogens is 376 g/mol. The Morgan fingerprint density at radius 2 is 1.46 bits per heavy atom. The highest BCUT2D eigenvalue weighted by atomic mass is 35.5. The zero-order chi connectivity index (χ0) is 19.6. The van der Waals surface area contributed by atoms with E-state index < -0.39 is 0 Å². The molecule has 6 heteroatoms. The van der Waals surface area contributed by atoms with Crippen LogP contribution in [0.4, 0.5) is 11.4 Å². The SMILES string of the molecule is O=C(CNc1cccc(OCCOc2ccccc2)c1)Nc1cccc(Cl)c1. The van der Waals surface area contributed by atoms with Crippen molar-refractivity contribution in [3.05, 3.63) is 83.9 Å². The lowest BCUT2D eigenvalue weighted by Gasteiger charge is -2.11. The molecule has 5 nitrogen and oxygen atoms in total. The van der Waals surface area contributed by atoms with Gasteiger partial charge in [0.05, 0.1) is 6.54 Å². The monoisotopic (exact) mass is 396 g/mol. The van der Waals surface area contributed by atoms with E-state index >= 15 is 0 Å². The third-order valence-electron chi connectivity index (χ3n) is 3.76. The fourth-order valence-electron chi connectivity index (χ4n) is 2.49. The highest BCUT2D eigenvalue weighted by Gasteiger charge is 2.04. The van der Waals surface area contributed by atoms with E-state index in [-0.39, 0.29) is 12.5 Å². The van der Waals surface area contributed by atoms with Crippen LogP contribution in [0.25, 0.3) is 0 Å². The quantitative estimate of drug-likeness (QED) is 0.508. The van der Waals surface area contributed by atoms with E-state index in [0.29, 0.717) is 29.7 Å². The Balaban J connectivity index is 1.42. The average Bonchev–Trinajstić information content (AvgIpc) is 2.71. The van der Waals surface area contributed by atoms with Gasteiger partial charge in [0.25, 0.3) is 0 Å². The van der Waals surface area contributed by atoms with Crippen LogP contribution in [0.5, 0.6) is 11.5 Å². The number of anilines is 2. The van der Waals surface area contributed by atoms with E-state index in [2.05, 4.69) is 10.6 Å². The molecule has 0 aliphatic carbocycles. The Kier molecular flexibility index (Phi) is 7.15. The van der Waals surface area contributed by atoms with Crippen LogP contribution in [0.1, 0.15) is 0 Å². The first-order valence-electron chi connectivity index (χ1n) is 8.89. The molecule has 2 N–H and O–H groups in total. The minimum Gasteiger partial charge on any atom is -0.490 e. The smallest absolute Gasteiger partial charge is 0.243 e. The maximum absolute atomic E-state index is 12.1. The Morgan fingerprint density at radius 1 is 0.786 bits per heavy atom. The zero-order valence-electron chi connectivity index (χ0n) is 15.2. The van der Waals surface area contributed by atoms with E-state index in [4.69, 9.17) is 21.1 Å². The van der Waals surface area contributed by atoms with Crippen LogP contribution in [0.15, 0.2) is 78.9 Å². The third-order valence-corrected chi connectivity index (χ3v) is 3.99. The van der Waals surface area contributed by atoms with Crippen molar-refractivity contribution in [2.45, 2.75) is 0 Å². The van der Waals surface area contributed by atoms with Gasteiger partial charge in [-0.25, -0.2) is 0 Å². The van der Waals surface area contributed by atoms with Gasteiger partial charge in [-0.1, -0.05) is 41.9 Å². The van der Waals surface area contributed by atoms with E-state index in [1.165, 1.54) is 0 Å². The summed E-state index contributed by atoms with van der Waals surface area (Å²) in [6, 6.07) is 24.1. The van der Waals surface area contributed by atoms with E-state index in [1.54, 1.807) is 24.3 Å². The summed E-state index contributed by atoms with van der Waals surface area (Å²) < 4.78 is 11.3. The number of hydrogen-bond donors (Lipinski definition) is 2. The lowest BCUT2D eigenvalue weighted by molar-refractivity contribution is -0.114. The molecule has 0 fully saturated rings. The summed E-state index contributed by atoms with van der Waals surface area (Å²) in [5.41, 5.74) is 1.46. The van der Waals surface area contributed by atoms with Crippen LogP contribution < -0.4 is 20.1 Å². The highest BCUT2D eigenvalue weighted by Crippen LogP contribution is 2.18. The summed E-state index contributed by atoms with van der Waals surface area (Å²) >= 11 is 5.92. The summed E-state index contributed by atoms with van der Waals surface area (Å²) in [6.07, 6.45) is 0. The maximum atomic E-state index is 12.1. The van der Waals surface area contributed by atoms with Crippen molar-refractivity contribution in [2.75, 3.05) is 30.4 Å². The van der Waals surface area contributed by atoms with Crippen LogP contribution in [0.2, 0.25) is 5.02 Å². The van der Waals surface area contributed by atoms with Crippen molar-refractivity contribution in [1.82, 2.24) is 0 Å². The van der Waals surface area contributed by atoms with Crippen LogP contribution in [-0.2, 0) is 4.79 Å². The van der Waals surface area contributed by atoms with Crippen molar-refractivity contribution in [2.24, 2.45) is 0 Å². The molecule has 3 rings (SSSR count).